The van der Waals surface area contributed by atoms with E-state index in [2.05, 4.69) is 25.9 Å². The van der Waals surface area contributed by atoms with E-state index in [9.17, 15) is 20.2 Å². The highest BCUT2D eigenvalue weighted by Crippen LogP contribution is 2.26. The van der Waals surface area contributed by atoms with Crippen LogP contribution in [-0.2, 0) is 24.8 Å². The summed E-state index contributed by atoms with van der Waals surface area (Å²) in [7, 11) is 0. The third kappa shape index (κ3) is 7.50. The van der Waals surface area contributed by atoms with E-state index >= 15 is 0 Å². The molecule has 0 spiro atoms. The van der Waals surface area contributed by atoms with E-state index in [0.29, 0.717) is 23.2 Å². The molecular weight excluding hydrogens is 592 g/mol. The molecular formula is C26H27BrN4O5S2. The normalized spacial score (nSPS) is 10.7. The minimum atomic E-state index is -0.362. The average molecular weight is 620 g/mol. The standard InChI is InChI=1S/C13H13BrN2O2S.C13H14N2O3S/c1-8-4-12(16(17)18)9(2)3-10(8)5-13-15-11(6-14)7-19-13;1-8-4-12(15(17)18)9(2)3-10(8)5-13-14-11(6-16)7-19-13/h3-4,7H,5-6H2,1-2H3;3-4,7,16H,5-6H2,1-2H3. The van der Waals surface area contributed by atoms with E-state index in [1.54, 1.807) is 37.3 Å². The molecule has 0 aliphatic rings. The lowest BCUT2D eigenvalue weighted by atomic mass is 10.0. The number of alkyl halides is 1. The molecule has 38 heavy (non-hydrogen) atoms. The number of aromatic nitrogens is 2. The summed E-state index contributed by atoms with van der Waals surface area (Å²) in [6.07, 6.45) is 1.36. The molecule has 2 heterocycles. The lowest BCUT2D eigenvalue weighted by Crippen LogP contribution is -1.98. The summed E-state index contributed by atoms with van der Waals surface area (Å²) in [6, 6.07) is 6.98. The van der Waals surface area contributed by atoms with E-state index < -0.39 is 0 Å². The maximum absolute atomic E-state index is 10.9. The zero-order valence-corrected chi connectivity index (χ0v) is 24.6. The first-order chi connectivity index (χ1) is 18.0. The fourth-order valence-corrected chi connectivity index (χ4v) is 5.94. The molecule has 0 bridgehead atoms. The van der Waals surface area contributed by atoms with Gasteiger partial charge in [0.1, 0.15) is 0 Å². The van der Waals surface area contributed by atoms with Crippen molar-refractivity contribution in [3.05, 3.63) is 110 Å². The highest BCUT2D eigenvalue weighted by Gasteiger charge is 2.15. The Morgan fingerprint density at radius 3 is 1.53 bits per heavy atom. The molecule has 0 unspecified atom stereocenters. The smallest absolute Gasteiger partial charge is 0.272 e. The first-order valence-corrected chi connectivity index (χ1v) is 14.4. The summed E-state index contributed by atoms with van der Waals surface area (Å²) in [5.74, 6) is 0. The molecule has 4 aromatic rings. The second-order valence-corrected chi connectivity index (χ2v) is 11.2. The largest absolute Gasteiger partial charge is 0.390 e. The predicted molar refractivity (Wildman–Crippen MR) is 154 cm³/mol. The number of nitro benzene ring substituents is 2. The number of halogens is 1. The molecule has 2 aromatic carbocycles. The summed E-state index contributed by atoms with van der Waals surface area (Å²) in [5, 5.41) is 37.2. The van der Waals surface area contributed by atoms with Crippen molar-refractivity contribution in [2.75, 3.05) is 0 Å². The molecule has 0 fully saturated rings. The average Bonchev–Trinajstić information content (AvgIpc) is 3.52. The van der Waals surface area contributed by atoms with E-state index in [0.717, 1.165) is 49.7 Å². The Hall–Kier alpha value is -3.06. The Balaban J connectivity index is 0.000000211. The van der Waals surface area contributed by atoms with Crippen molar-refractivity contribution in [3.63, 3.8) is 0 Å². The molecule has 0 atom stereocenters. The molecule has 1 N–H and O–H groups in total. The Morgan fingerprint density at radius 2 is 1.18 bits per heavy atom. The second kappa shape index (κ2) is 13.1. The van der Waals surface area contributed by atoms with Gasteiger partial charge >= 0.3 is 0 Å². The maximum atomic E-state index is 10.9. The molecule has 9 nitrogen and oxygen atoms in total. The topological polar surface area (TPSA) is 132 Å². The predicted octanol–water partition coefficient (Wildman–Crippen LogP) is 6.91. The summed E-state index contributed by atoms with van der Waals surface area (Å²) >= 11 is 6.49. The van der Waals surface area contributed by atoms with Crippen LogP contribution in [0.2, 0.25) is 0 Å². The zero-order chi connectivity index (χ0) is 28.0. The van der Waals surface area contributed by atoms with Crippen LogP contribution < -0.4 is 0 Å². The number of rotatable bonds is 8. The molecule has 0 amide bonds. The maximum Gasteiger partial charge on any atom is 0.272 e. The van der Waals surface area contributed by atoms with Crippen molar-refractivity contribution in [1.82, 2.24) is 9.97 Å². The van der Waals surface area contributed by atoms with Gasteiger partial charge in [0.15, 0.2) is 0 Å². The minimum Gasteiger partial charge on any atom is -0.390 e. The van der Waals surface area contributed by atoms with Gasteiger partial charge in [-0.25, -0.2) is 9.97 Å². The van der Waals surface area contributed by atoms with Gasteiger partial charge in [0.25, 0.3) is 11.4 Å². The molecule has 2 aromatic heterocycles. The van der Waals surface area contributed by atoms with Crippen molar-refractivity contribution in [3.8, 4) is 0 Å². The van der Waals surface area contributed by atoms with Crippen LogP contribution in [0, 0.1) is 47.9 Å². The number of aliphatic hydroxyl groups excluding tert-OH is 1. The SMILES string of the molecule is Cc1cc([N+](=O)[O-])c(C)cc1Cc1nc(CBr)cs1.Cc1cc([N+](=O)[O-])c(C)cc1Cc1nc(CO)cs1. The van der Waals surface area contributed by atoms with Crippen LogP contribution >= 0.6 is 38.6 Å². The number of thiazole rings is 2. The Kier molecular flexibility index (Phi) is 10.2. The van der Waals surface area contributed by atoms with Crippen molar-refractivity contribution in [2.24, 2.45) is 0 Å². The van der Waals surface area contributed by atoms with E-state index in [1.165, 1.54) is 11.3 Å². The first kappa shape index (κ1) is 29.5. The number of hydrogen-bond donors (Lipinski definition) is 1. The number of nitro groups is 2. The monoisotopic (exact) mass is 618 g/mol. The van der Waals surface area contributed by atoms with Crippen LogP contribution in [0.4, 0.5) is 11.4 Å². The number of hydrogen-bond acceptors (Lipinski definition) is 9. The van der Waals surface area contributed by atoms with E-state index in [-0.39, 0.29) is 27.8 Å². The van der Waals surface area contributed by atoms with E-state index in [1.807, 2.05) is 36.7 Å². The van der Waals surface area contributed by atoms with Crippen molar-refractivity contribution >= 4 is 50.0 Å². The van der Waals surface area contributed by atoms with Crippen molar-refractivity contribution < 1.29 is 15.0 Å². The minimum absolute atomic E-state index is 0.0607. The third-order valence-corrected chi connectivity index (χ3v) is 8.25. The summed E-state index contributed by atoms with van der Waals surface area (Å²) in [5.41, 5.74) is 7.32. The van der Waals surface area contributed by atoms with Crippen LogP contribution in [0.1, 0.15) is 54.8 Å². The number of benzene rings is 2. The van der Waals surface area contributed by atoms with Crippen LogP contribution in [-0.4, -0.2) is 24.9 Å². The molecule has 200 valence electrons. The van der Waals surface area contributed by atoms with Gasteiger partial charge in [0, 0.05) is 52.2 Å². The number of nitrogens with zero attached hydrogens (tertiary/aromatic N) is 4. The second-order valence-electron chi connectivity index (χ2n) is 8.76. The Morgan fingerprint density at radius 1 is 0.763 bits per heavy atom. The fourth-order valence-electron chi connectivity index (χ4n) is 3.82. The highest BCUT2D eigenvalue weighted by molar-refractivity contribution is 9.08. The third-order valence-electron chi connectivity index (χ3n) is 5.88. The molecule has 0 saturated carbocycles. The van der Waals surface area contributed by atoms with Crippen LogP contribution in [0.3, 0.4) is 0 Å². The van der Waals surface area contributed by atoms with Gasteiger partial charge in [-0.05, 0) is 62.1 Å². The summed E-state index contributed by atoms with van der Waals surface area (Å²) in [6.45, 7) is 7.22. The van der Waals surface area contributed by atoms with Crippen LogP contribution in [0.5, 0.6) is 0 Å². The molecule has 0 aliphatic heterocycles. The molecule has 0 radical (unpaired) electrons. The van der Waals surface area contributed by atoms with Gasteiger partial charge < -0.3 is 5.11 Å². The van der Waals surface area contributed by atoms with Crippen LogP contribution in [0.15, 0.2) is 35.0 Å². The lowest BCUT2D eigenvalue weighted by Gasteiger charge is -2.06. The van der Waals surface area contributed by atoms with Crippen LogP contribution in [0.25, 0.3) is 0 Å². The van der Waals surface area contributed by atoms with Gasteiger partial charge in [0.2, 0.25) is 0 Å². The molecule has 0 saturated heterocycles. The van der Waals surface area contributed by atoms with Gasteiger partial charge in [-0.3, -0.25) is 20.2 Å². The number of aliphatic hydroxyl groups is 1. The van der Waals surface area contributed by atoms with Gasteiger partial charge in [-0.15, -0.1) is 22.7 Å². The zero-order valence-electron chi connectivity index (χ0n) is 21.4. The molecule has 0 aliphatic carbocycles. The summed E-state index contributed by atoms with van der Waals surface area (Å²) in [4.78, 5) is 29.8. The quantitative estimate of drug-likeness (QED) is 0.129. The van der Waals surface area contributed by atoms with Gasteiger partial charge in [-0.2, -0.15) is 0 Å². The van der Waals surface area contributed by atoms with E-state index in [4.69, 9.17) is 5.11 Å². The lowest BCUT2D eigenvalue weighted by molar-refractivity contribution is -0.385. The number of aryl methyl sites for hydroxylation is 4. The van der Waals surface area contributed by atoms with Gasteiger partial charge in [-0.1, -0.05) is 15.9 Å². The highest BCUT2D eigenvalue weighted by atomic mass is 79.9. The first-order valence-electron chi connectivity index (χ1n) is 11.5. The Labute approximate surface area is 236 Å². The summed E-state index contributed by atoms with van der Waals surface area (Å²) < 4.78 is 0. The molecule has 4 rings (SSSR count). The van der Waals surface area contributed by atoms with Gasteiger partial charge in [0.05, 0.1) is 37.9 Å². The van der Waals surface area contributed by atoms with Crippen molar-refractivity contribution in [1.29, 1.82) is 0 Å². The van der Waals surface area contributed by atoms with Crippen molar-refractivity contribution in [2.45, 2.75) is 52.5 Å². The fraction of sp³-hybridized carbons (Fsp3) is 0.308. The molecule has 12 heteroatoms. The Bertz CT molecular complexity index is 1360.